The summed E-state index contributed by atoms with van der Waals surface area (Å²) in [6.45, 7) is 24.0. The lowest BCUT2D eigenvalue weighted by Crippen LogP contribution is -2.40. The van der Waals surface area contributed by atoms with Crippen LogP contribution in [0.15, 0.2) is 69.4 Å². The molecule has 21 nitrogen and oxygen atoms in total. The summed E-state index contributed by atoms with van der Waals surface area (Å²) >= 11 is 0. The van der Waals surface area contributed by atoms with Gasteiger partial charge in [0.05, 0.1) is 84.1 Å². The number of anilines is 6. The third-order valence-corrected chi connectivity index (χ3v) is 22.0. The zero-order valence-corrected chi connectivity index (χ0v) is 67.0. The SMILES string of the molecule is Cc1ccnc(C(C)C)c1-n1c(=O)nc(N2CCCC[C@@H]2C)c2cc(F)c(-c3c(N)c(F)c(F)c(F)c3F)nc21.Cc1ccnc(C(C)C)c1-n1c(=O)nc(N2CCCC[C@@H]2C)c2cc(F)c(-c3c(N)c(F)c(F)c(F)c3F)nc21.Cc1ccnc(C(C)C)c1-n1c(=O)nc(N2CCCC[C@@H]2C)c2cc(F)c(-c3c(N)c(F)c(F)c(F)c3F)nc21. The summed E-state index contributed by atoms with van der Waals surface area (Å²) in [6.07, 6.45) is 12.5. The van der Waals surface area contributed by atoms with Crippen molar-refractivity contribution in [2.24, 2.45) is 0 Å². The Balaban J connectivity index is 0.000000156. The van der Waals surface area contributed by atoms with Gasteiger partial charge in [-0.2, -0.15) is 15.0 Å². The number of hydrogen-bond donors (Lipinski definition) is 3. The molecule has 0 aliphatic carbocycles. The zero-order chi connectivity index (χ0) is 87.1. The van der Waals surface area contributed by atoms with Crippen molar-refractivity contribution in [2.45, 2.75) is 177 Å². The smallest absolute Gasteiger partial charge is 0.355 e. The maximum atomic E-state index is 15.7. The van der Waals surface area contributed by atoms with Crippen LogP contribution in [0.2, 0.25) is 0 Å². The van der Waals surface area contributed by atoms with Gasteiger partial charge in [0, 0.05) is 56.4 Å². The number of benzene rings is 3. The average Bonchev–Trinajstić information content (AvgIpc) is 0.737. The van der Waals surface area contributed by atoms with Crippen LogP contribution >= 0.6 is 0 Å². The Morgan fingerprint density at radius 1 is 0.342 bits per heavy atom. The van der Waals surface area contributed by atoms with E-state index in [1.165, 1.54) is 0 Å². The van der Waals surface area contributed by atoms with Gasteiger partial charge in [0.15, 0.2) is 104 Å². The number of nitrogens with two attached hydrogens (primary N) is 3. The summed E-state index contributed by atoms with van der Waals surface area (Å²) in [5, 5.41) is 0.360. The van der Waals surface area contributed by atoms with Crippen LogP contribution in [0.5, 0.6) is 0 Å². The number of rotatable bonds is 12. The van der Waals surface area contributed by atoms with E-state index in [9.17, 15) is 67.1 Å². The van der Waals surface area contributed by atoms with Crippen molar-refractivity contribution >= 4 is 67.6 Å². The van der Waals surface area contributed by atoms with Gasteiger partial charge in [-0.25, -0.2) is 109 Å². The molecule has 3 saturated heterocycles. The highest BCUT2D eigenvalue weighted by atomic mass is 19.2. The van der Waals surface area contributed by atoms with Crippen molar-refractivity contribution in [1.82, 2.24) is 58.6 Å². The van der Waals surface area contributed by atoms with E-state index in [1.807, 2.05) is 77.0 Å². The number of nitrogen functional groups attached to an aromatic ring is 3. The molecule has 12 aromatic rings. The van der Waals surface area contributed by atoms with Gasteiger partial charge in [-0.1, -0.05) is 41.5 Å². The first-order chi connectivity index (χ1) is 56.8. The van der Waals surface area contributed by atoms with E-state index in [2.05, 4.69) is 44.9 Å². The van der Waals surface area contributed by atoms with Crippen LogP contribution in [0.1, 0.15) is 172 Å². The van der Waals surface area contributed by atoms with Crippen molar-refractivity contribution in [1.29, 1.82) is 0 Å². The van der Waals surface area contributed by atoms with Gasteiger partial charge in [0.25, 0.3) is 0 Å². The van der Waals surface area contributed by atoms with E-state index in [1.54, 1.807) is 57.6 Å². The van der Waals surface area contributed by atoms with Gasteiger partial charge < -0.3 is 31.9 Å². The van der Waals surface area contributed by atoms with Gasteiger partial charge in [-0.15, -0.1) is 0 Å². The number of piperidine rings is 3. The molecule has 3 atom stereocenters. The van der Waals surface area contributed by atoms with Gasteiger partial charge >= 0.3 is 17.1 Å². The fourth-order valence-electron chi connectivity index (χ4n) is 15.8. The summed E-state index contributed by atoms with van der Waals surface area (Å²) in [7, 11) is 0. The summed E-state index contributed by atoms with van der Waals surface area (Å²) in [6, 6.07) is 7.89. The molecule has 3 aliphatic heterocycles. The van der Waals surface area contributed by atoms with Crippen LogP contribution in [0.25, 0.3) is 83.9 Å². The van der Waals surface area contributed by atoms with Crippen molar-refractivity contribution in [3.63, 3.8) is 0 Å². The van der Waals surface area contributed by atoms with Crippen molar-refractivity contribution in [2.75, 3.05) is 51.5 Å². The van der Waals surface area contributed by atoms with E-state index >= 15 is 13.2 Å². The summed E-state index contributed by atoms with van der Waals surface area (Å²) < 4.78 is 223. The van der Waals surface area contributed by atoms with Crippen molar-refractivity contribution in [3.8, 4) is 50.8 Å². The predicted octanol–water partition coefficient (Wildman–Crippen LogP) is 17.8. The normalized spacial score (nSPS) is 15.8. The number of fused-ring (bicyclic) bond motifs is 3. The third-order valence-electron chi connectivity index (χ3n) is 22.0. The molecule has 0 amide bonds. The number of aryl methyl sites for hydroxylation is 3. The van der Waals surface area contributed by atoms with Gasteiger partial charge in [-0.05, 0) is 170 Å². The minimum atomic E-state index is -2.16. The largest absolute Gasteiger partial charge is 0.396 e. The quantitative estimate of drug-likeness (QED) is 0.0444. The molecule has 36 heteroatoms. The molecule has 9 aromatic heterocycles. The van der Waals surface area contributed by atoms with Crippen LogP contribution in [-0.4, -0.2) is 96.3 Å². The lowest BCUT2D eigenvalue weighted by atomic mass is 10.0. The third kappa shape index (κ3) is 14.9. The van der Waals surface area contributed by atoms with Gasteiger partial charge in [-0.3, -0.25) is 15.0 Å². The lowest BCUT2D eigenvalue weighted by molar-refractivity contribution is 0.412. The highest BCUT2D eigenvalue weighted by molar-refractivity contribution is 5.95. The number of aromatic nitrogens is 12. The first-order valence-corrected chi connectivity index (χ1v) is 38.7. The van der Waals surface area contributed by atoms with Crippen LogP contribution in [0.4, 0.5) is 100 Å². The molecule has 3 aliphatic rings. The zero-order valence-electron chi connectivity index (χ0n) is 67.0. The Bertz CT molecular complexity index is 5670. The molecule has 0 bridgehead atoms. The Labute approximate surface area is 675 Å². The fraction of sp³-hybridized carbons (Fsp3) is 0.357. The van der Waals surface area contributed by atoms with Crippen LogP contribution in [0.3, 0.4) is 0 Å². The average molecular weight is 1680 g/mol. The first kappa shape index (κ1) is 85.6. The standard InChI is InChI=1S/3C28H27F5N6O/c3*1-12(2)23-25(13(3)8-9-35-23)39-27-15(26(37-28(39)40)38-10-6-5-7-14(38)4)11-16(29)24(36-27)17-18(30)19(31)20(32)21(33)22(17)34/h3*8-9,11-12,14H,5-7,10,34H2,1-4H3/t3*14-/m000/s1. The molecule has 120 heavy (non-hydrogen) atoms. The Morgan fingerprint density at radius 2 is 0.575 bits per heavy atom. The van der Waals surface area contributed by atoms with E-state index in [-0.39, 0.29) is 86.4 Å². The molecular weight excluding hydrogens is 1590 g/mol. The Morgan fingerprint density at radius 3 is 0.800 bits per heavy atom. The van der Waals surface area contributed by atoms with E-state index in [0.717, 1.165) is 89.7 Å². The minimum absolute atomic E-state index is 0.0258. The molecule has 12 heterocycles. The highest BCUT2D eigenvalue weighted by Crippen LogP contribution is 2.44. The van der Waals surface area contributed by atoms with Crippen LogP contribution in [0, 0.1) is 108 Å². The molecular formula is C84H81F15N18O3. The van der Waals surface area contributed by atoms with Crippen LogP contribution in [-0.2, 0) is 0 Å². The number of hydrogen-bond acceptors (Lipinski definition) is 18. The molecule has 0 unspecified atom stereocenters. The van der Waals surface area contributed by atoms with Crippen molar-refractivity contribution < 1.29 is 65.9 Å². The fourth-order valence-corrected chi connectivity index (χ4v) is 15.8. The van der Waals surface area contributed by atoms with E-state index in [0.29, 0.717) is 70.5 Å². The molecule has 0 saturated carbocycles. The predicted molar refractivity (Wildman–Crippen MR) is 426 cm³/mol. The second kappa shape index (κ2) is 33.5. The Kier molecular flexibility index (Phi) is 23.9. The van der Waals surface area contributed by atoms with E-state index < -0.39 is 155 Å². The molecule has 630 valence electrons. The molecule has 0 spiro atoms. The van der Waals surface area contributed by atoms with Crippen LogP contribution < -0.4 is 49.0 Å². The van der Waals surface area contributed by atoms with Crippen molar-refractivity contribution in [3.05, 3.63) is 207 Å². The maximum Gasteiger partial charge on any atom is 0.355 e. The van der Waals surface area contributed by atoms with Gasteiger partial charge in [0.2, 0.25) is 0 Å². The first-order valence-electron chi connectivity index (χ1n) is 38.7. The monoisotopic (exact) mass is 1670 g/mol. The lowest BCUT2D eigenvalue weighted by Gasteiger charge is -2.35. The molecule has 3 fully saturated rings. The summed E-state index contributed by atoms with van der Waals surface area (Å²) in [5.74, 6) is -27.7. The minimum Gasteiger partial charge on any atom is -0.396 e. The molecule has 3 aromatic carbocycles. The summed E-state index contributed by atoms with van der Waals surface area (Å²) in [4.78, 5) is 85.9. The topological polar surface area (TPSA) is 270 Å². The van der Waals surface area contributed by atoms with E-state index in [4.69, 9.17) is 17.2 Å². The molecule has 0 radical (unpaired) electrons. The molecule has 6 N–H and O–H groups in total. The Hall–Kier alpha value is -12.3. The number of pyridine rings is 6. The number of nitrogens with zero attached hydrogens (tertiary/aromatic N) is 15. The highest BCUT2D eigenvalue weighted by Gasteiger charge is 2.37. The molecule has 15 rings (SSSR count). The van der Waals surface area contributed by atoms with Gasteiger partial charge in [0.1, 0.15) is 34.5 Å². The second-order valence-electron chi connectivity index (χ2n) is 31.0. The number of halogens is 15. The summed E-state index contributed by atoms with van der Waals surface area (Å²) in [5.41, 5.74) is 9.14. The maximum absolute atomic E-state index is 15.7. The second-order valence-corrected chi connectivity index (χ2v) is 31.0.